The highest BCUT2D eigenvalue weighted by atomic mass is 32.2. The number of hydrogen-bond donors (Lipinski definition) is 0. The molecular formula is C19H26N4OS. The van der Waals surface area contributed by atoms with Gasteiger partial charge in [0.15, 0.2) is 5.82 Å². The van der Waals surface area contributed by atoms with Gasteiger partial charge in [0.2, 0.25) is 5.89 Å². The minimum atomic E-state index is 0.702. The van der Waals surface area contributed by atoms with Crippen LogP contribution in [-0.2, 0) is 25.1 Å². The number of nitrogens with zero attached hydrogens (tertiary/aromatic N) is 4. The van der Waals surface area contributed by atoms with Crippen molar-refractivity contribution in [2.45, 2.75) is 37.6 Å². The third-order valence-corrected chi connectivity index (χ3v) is 5.93. The van der Waals surface area contributed by atoms with Gasteiger partial charge in [0.1, 0.15) is 0 Å². The van der Waals surface area contributed by atoms with E-state index in [1.54, 1.807) is 22.9 Å². The highest BCUT2D eigenvalue weighted by molar-refractivity contribution is 7.97. The van der Waals surface area contributed by atoms with Gasteiger partial charge in [-0.1, -0.05) is 29.4 Å². The molecule has 6 heteroatoms. The van der Waals surface area contributed by atoms with E-state index in [1.807, 2.05) is 0 Å². The average Bonchev–Trinajstić information content (AvgIpc) is 3.09. The molecule has 0 amide bonds. The number of benzene rings is 1. The van der Waals surface area contributed by atoms with E-state index in [0.717, 1.165) is 50.2 Å². The maximum Gasteiger partial charge on any atom is 0.240 e. The normalized spacial score (nSPS) is 22.0. The van der Waals surface area contributed by atoms with E-state index in [2.05, 4.69) is 50.5 Å². The first kappa shape index (κ1) is 17.1. The van der Waals surface area contributed by atoms with Crippen LogP contribution in [0.5, 0.6) is 0 Å². The summed E-state index contributed by atoms with van der Waals surface area (Å²) in [5.74, 6) is 2.38. The van der Waals surface area contributed by atoms with E-state index < -0.39 is 0 Å². The van der Waals surface area contributed by atoms with E-state index in [0.29, 0.717) is 6.04 Å². The van der Waals surface area contributed by atoms with Crippen LogP contribution < -0.4 is 0 Å². The number of hydrogen-bond acceptors (Lipinski definition) is 6. The number of thioether (sulfide) groups is 1. The molecule has 1 aromatic heterocycles. The van der Waals surface area contributed by atoms with Crippen LogP contribution in [0.25, 0.3) is 0 Å². The quantitative estimate of drug-likeness (QED) is 0.819. The highest BCUT2D eigenvalue weighted by Gasteiger charge is 2.27. The fourth-order valence-corrected chi connectivity index (χ4v) is 4.39. The molecule has 5 nitrogen and oxygen atoms in total. The van der Waals surface area contributed by atoms with Crippen LogP contribution in [-0.4, -0.2) is 58.4 Å². The van der Waals surface area contributed by atoms with E-state index in [1.165, 1.54) is 19.3 Å². The summed E-state index contributed by atoms with van der Waals surface area (Å²) in [7, 11) is 0. The first-order valence-corrected chi connectivity index (χ1v) is 10.5. The van der Waals surface area contributed by atoms with Crippen molar-refractivity contribution in [1.82, 2.24) is 19.9 Å². The lowest BCUT2D eigenvalue weighted by Crippen LogP contribution is -2.51. The Morgan fingerprint density at radius 2 is 1.96 bits per heavy atom. The lowest BCUT2D eigenvalue weighted by atomic mass is 9.87. The number of rotatable bonds is 5. The molecule has 0 spiro atoms. The maximum absolute atomic E-state index is 5.37. The van der Waals surface area contributed by atoms with Crippen LogP contribution >= 0.6 is 11.8 Å². The van der Waals surface area contributed by atoms with Crippen molar-refractivity contribution in [2.24, 2.45) is 0 Å². The van der Waals surface area contributed by atoms with Gasteiger partial charge in [-0.05, 0) is 36.6 Å². The van der Waals surface area contributed by atoms with Crippen molar-refractivity contribution < 1.29 is 4.52 Å². The largest absolute Gasteiger partial charge is 0.338 e. The lowest BCUT2D eigenvalue weighted by molar-refractivity contribution is 0.0795. The fourth-order valence-electron chi connectivity index (χ4n) is 4.01. The summed E-state index contributed by atoms with van der Waals surface area (Å²) in [6.07, 6.45) is 5.77. The summed E-state index contributed by atoms with van der Waals surface area (Å²) in [5, 5.41) is 4.04. The zero-order chi connectivity index (χ0) is 17.1. The van der Waals surface area contributed by atoms with E-state index in [-0.39, 0.29) is 0 Å². The van der Waals surface area contributed by atoms with Gasteiger partial charge in [0, 0.05) is 32.2 Å². The molecule has 0 bridgehead atoms. The Morgan fingerprint density at radius 1 is 1.16 bits per heavy atom. The fraction of sp³-hybridized carbons (Fsp3) is 0.579. The predicted molar refractivity (Wildman–Crippen MR) is 101 cm³/mol. The van der Waals surface area contributed by atoms with Crippen LogP contribution in [0.2, 0.25) is 0 Å². The molecule has 1 fully saturated rings. The van der Waals surface area contributed by atoms with Crippen molar-refractivity contribution in [3.63, 3.8) is 0 Å². The molecule has 4 rings (SSSR count). The van der Waals surface area contributed by atoms with Crippen molar-refractivity contribution in [3.8, 4) is 0 Å². The Labute approximate surface area is 153 Å². The second-order valence-corrected chi connectivity index (χ2v) is 7.88. The average molecular weight is 359 g/mol. The molecule has 1 aromatic carbocycles. The Morgan fingerprint density at radius 3 is 2.76 bits per heavy atom. The molecule has 134 valence electrons. The zero-order valence-corrected chi connectivity index (χ0v) is 15.7. The highest BCUT2D eigenvalue weighted by Crippen LogP contribution is 2.25. The van der Waals surface area contributed by atoms with Gasteiger partial charge >= 0.3 is 0 Å². The Balaban J connectivity index is 1.28. The second kappa shape index (κ2) is 7.89. The van der Waals surface area contributed by atoms with Crippen LogP contribution in [0, 0.1) is 0 Å². The Hall–Kier alpha value is -1.37. The molecule has 1 aliphatic heterocycles. The monoisotopic (exact) mass is 358 g/mol. The summed E-state index contributed by atoms with van der Waals surface area (Å²) >= 11 is 1.72. The van der Waals surface area contributed by atoms with Gasteiger partial charge in [-0.15, -0.1) is 0 Å². The van der Waals surface area contributed by atoms with E-state index >= 15 is 0 Å². The van der Waals surface area contributed by atoms with E-state index in [9.17, 15) is 0 Å². The Bertz CT molecular complexity index is 696. The molecule has 1 saturated heterocycles. The van der Waals surface area contributed by atoms with Gasteiger partial charge in [-0.3, -0.25) is 9.80 Å². The molecule has 0 unspecified atom stereocenters. The van der Waals surface area contributed by atoms with Crippen LogP contribution in [0.1, 0.15) is 29.3 Å². The van der Waals surface area contributed by atoms with Crippen LogP contribution in [0.3, 0.4) is 0 Å². The maximum atomic E-state index is 5.37. The standard InChI is InChI=1S/C19H26N4OS/c1-25-14-18-20-19(24-21-18)13-22-8-10-23(11-9-22)17-7-6-15-4-2-3-5-16(15)12-17/h2-5,17H,6-14H2,1H3/t17-/m1/s1. The molecular weight excluding hydrogens is 332 g/mol. The first-order chi connectivity index (χ1) is 12.3. The molecule has 0 saturated carbocycles. The molecule has 1 aliphatic carbocycles. The van der Waals surface area contributed by atoms with Crippen molar-refractivity contribution in [2.75, 3.05) is 32.4 Å². The molecule has 25 heavy (non-hydrogen) atoms. The SMILES string of the molecule is CSCc1noc(CN2CCN([C@@H]3CCc4ccccc4C3)CC2)n1. The number of piperazine rings is 1. The van der Waals surface area contributed by atoms with Gasteiger partial charge in [0.25, 0.3) is 0 Å². The third-order valence-electron chi connectivity index (χ3n) is 5.39. The molecule has 2 aromatic rings. The van der Waals surface area contributed by atoms with Crippen LogP contribution in [0.15, 0.2) is 28.8 Å². The molecule has 2 heterocycles. The third kappa shape index (κ3) is 4.07. The summed E-state index contributed by atoms with van der Waals surface area (Å²) in [4.78, 5) is 9.59. The molecule has 0 N–H and O–H groups in total. The van der Waals surface area contributed by atoms with E-state index in [4.69, 9.17) is 4.52 Å². The number of aryl methyl sites for hydroxylation is 1. The minimum absolute atomic E-state index is 0.702. The smallest absolute Gasteiger partial charge is 0.240 e. The van der Waals surface area contributed by atoms with Gasteiger partial charge in [-0.25, -0.2) is 0 Å². The topological polar surface area (TPSA) is 45.4 Å². The second-order valence-electron chi connectivity index (χ2n) is 7.01. The van der Waals surface area contributed by atoms with Crippen molar-refractivity contribution >= 4 is 11.8 Å². The van der Waals surface area contributed by atoms with Crippen LogP contribution in [0.4, 0.5) is 0 Å². The number of fused-ring (bicyclic) bond motifs is 1. The molecule has 1 atom stereocenters. The Kier molecular flexibility index (Phi) is 5.39. The molecule has 2 aliphatic rings. The summed E-state index contributed by atoms with van der Waals surface area (Å²) in [5.41, 5.74) is 3.10. The van der Waals surface area contributed by atoms with Gasteiger partial charge in [-0.2, -0.15) is 16.7 Å². The number of aromatic nitrogens is 2. The first-order valence-electron chi connectivity index (χ1n) is 9.15. The van der Waals surface area contributed by atoms with Gasteiger partial charge in [0.05, 0.1) is 12.3 Å². The summed E-state index contributed by atoms with van der Waals surface area (Å²) < 4.78 is 5.37. The minimum Gasteiger partial charge on any atom is -0.338 e. The lowest BCUT2D eigenvalue weighted by Gasteiger charge is -2.40. The summed E-state index contributed by atoms with van der Waals surface area (Å²) in [6, 6.07) is 9.64. The summed E-state index contributed by atoms with van der Waals surface area (Å²) in [6.45, 7) is 5.22. The zero-order valence-electron chi connectivity index (χ0n) is 14.9. The van der Waals surface area contributed by atoms with Crippen molar-refractivity contribution in [1.29, 1.82) is 0 Å². The van der Waals surface area contributed by atoms with Crippen molar-refractivity contribution in [3.05, 3.63) is 47.1 Å². The van der Waals surface area contributed by atoms with Gasteiger partial charge < -0.3 is 4.52 Å². The predicted octanol–water partition coefficient (Wildman–Crippen LogP) is 2.61. The molecule has 0 radical (unpaired) electrons.